The first-order valence-electron chi connectivity index (χ1n) is 7.40. The number of hydrogen-bond donors (Lipinski definition) is 2. The second kappa shape index (κ2) is 6.87. The predicted octanol–water partition coefficient (Wildman–Crippen LogP) is 4.43. The van der Waals surface area contributed by atoms with Gasteiger partial charge in [0.15, 0.2) is 0 Å². The molecule has 2 aliphatic rings. The van der Waals surface area contributed by atoms with Crippen LogP contribution in [0.25, 0.3) is 0 Å². The van der Waals surface area contributed by atoms with Crippen LogP contribution < -0.4 is 5.32 Å². The van der Waals surface area contributed by atoms with E-state index in [9.17, 15) is 5.11 Å². The SMILES string of the molecule is Oc1c(Br)cc(Br)c([C@@H](C2CCC2)N2CCNCC2)c1Br. The Bertz CT molecular complexity index is 528. The maximum absolute atomic E-state index is 10.3. The van der Waals surface area contributed by atoms with Gasteiger partial charge in [-0.1, -0.05) is 22.4 Å². The molecule has 1 aliphatic carbocycles. The summed E-state index contributed by atoms with van der Waals surface area (Å²) in [4.78, 5) is 2.57. The predicted molar refractivity (Wildman–Crippen MR) is 95.7 cm³/mol. The van der Waals surface area contributed by atoms with Crippen molar-refractivity contribution in [2.45, 2.75) is 25.3 Å². The summed E-state index contributed by atoms with van der Waals surface area (Å²) in [5, 5.41) is 13.7. The highest BCUT2D eigenvalue weighted by atomic mass is 79.9. The van der Waals surface area contributed by atoms with Crippen LogP contribution in [0.2, 0.25) is 0 Å². The second-order valence-corrected chi connectivity index (χ2v) is 8.34. The van der Waals surface area contributed by atoms with Crippen molar-refractivity contribution in [3.8, 4) is 5.75 Å². The van der Waals surface area contributed by atoms with Crippen molar-refractivity contribution in [3.05, 3.63) is 25.0 Å². The average molecular weight is 483 g/mol. The Kier molecular flexibility index (Phi) is 5.31. The van der Waals surface area contributed by atoms with Crippen molar-refractivity contribution in [1.82, 2.24) is 10.2 Å². The summed E-state index contributed by atoms with van der Waals surface area (Å²) >= 11 is 10.7. The number of nitrogens with one attached hydrogen (secondary N) is 1. The zero-order chi connectivity index (χ0) is 15.0. The zero-order valence-corrected chi connectivity index (χ0v) is 16.5. The van der Waals surface area contributed by atoms with Crippen molar-refractivity contribution < 1.29 is 5.11 Å². The number of rotatable bonds is 3. The highest BCUT2D eigenvalue weighted by molar-refractivity contribution is 9.11. The third-order valence-corrected chi connectivity index (χ3v) is 6.68. The van der Waals surface area contributed by atoms with E-state index in [4.69, 9.17) is 0 Å². The summed E-state index contributed by atoms with van der Waals surface area (Å²) in [6, 6.07) is 2.34. The van der Waals surface area contributed by atoms with Crippen molar-refractivity contribution >= 4 is 47.8 Å². The first kappa shape index (κ1) is 16.2. The van der Waals surface area contributed by atoms with Gasteiger partial charge < -0.3 is 10.4 Å². The van der Waals surface area contributed by atoms with E-state index in [0.717, 1.165) is 39.6 Å². The molecule has 2 fully saturated rings. The number of aromatic hydroxyl groups is 1. The molecule has 3 nitrogen and oxygen atoms in total. The minimum absolute atomic E-state index is 0.299. The molecule has 6 heteroatoms. The van der Waals surface area contributed by atoms with Crippen LogP contribution in [0.15, 0.2) is 19.5 Å². The molecule has 1 atom stereocenters. The lowest BCUT2D eigenvalue weighted by atomic mass is 9.76. The van der Waals surface area contributed by atoms with Gasteiger partial charge in [-0.2, -0.15) is 0 Å². The van der Waals surface area contributed by atoms with E-state index in [1.54, 1.807) is 0 Å². The van der Waals surface area contributed by atoms with E-state index in [2.05, 4.69) is 58.0 Å². The fraction of sp³-hybridized carbons (Fsp3) is 0.600. The smallest absolute Gasteiger partial charge is 0.144 e. The van der Waals surface area contributed by atoms with Gasteiger partial charge >= 0.3 is 0 Å². The number of nitrogens with zero attached hydrogens (tertiary/aromatic N) is 1. The molecular weight excluding hydrogens is 464 g/mol. The Labute approximate surface area is 150 Å². The first-order chi connectivity index (χ1) is 10.1. The molecule has 116 valence electrons. The van der Waals surface area contributed by atoms with Gasteiger partial charge in [-0.25, -0.2) is 0 Å². The maximum atomic E-state index is 10.3. The van der Waals surface area contributed by atoms with Gasteiger partial charge in [0.1, 0.15) is 5.75 Å². The van der Waals surface area contributed by atoms with Crippen molar-refractivity contribution in [3.63, 3.8) is 0 Å². The van der Waals surface area contributed by atoms with Gasteiger partial charge in [0.25, 0.3) is 0 Å². The maximum Gasteiger partial charge on any atom is 0.144 e. The molecule has 1 saturated heterocycles. The zero-order valence-electron chi connectivity index (χ0n) is 11.7. The monoisotopic (exact) mass is 480 g/mol. The van der Waals surface area contributed by atoms with Crippen molar-refractivity contribution in [2.24, 2.45) is 5.92 Å². The van der Waals surface area contributed by atoms with Crippen LogP contribution >= 0.6 is 47.8 Å². The van der Waals surface area contributed by atoms with E-state index in [1.165, 1.54) is 24.8 Å². The second-order valence-electron chi connectivity index (χ2n) is 5.84. The Morgan fingerprint density at radius 1 is 1.14 bits per heavy atom. The molecular formula is C15H19Br3N2O. The van der Waals surface area contributed by atoms with Crippen LogP contribution in [0, 0.1) is 5.92 Å². The molecule has 0 aromatic heterocycles. The number of hydrogen-bond acceptors (Lipinski definition) is 3. The number of phenols is 1. The van der Waals surface area contributed by atoms with Gasteiger partial charge in [-0.3, -0.25) is 4.90 Å². The topological polar surface area (TPSA) is 35.5 Å². The summed E-state index contributed by atoms with van der Waals surface area (Å²) in [6.45, 7) is 4.22. The van der Waals surface area contributed by atoms with Gasteiger partial charge in [0, 0.05) is 42.3 Å². The number of benzene rings is 1. The summed E-state index contributed by atoms with van der Waals surface area (Å²) in [5.41, 5.74) is 1.20. The minimum Gasteiger partial charge on any atom is -0.506 e. The Morgan fingerprint density at radius 2 is 1.81 bits per heavy atom. The molecule has 3 rings (SSSR count). The Morgan fingerprint density at radius 3 is 2.38 bits per heavy atom. The molecule has 0 bridgehead atoms. The largest absolute Gasteiger partial charge is 0.506 e. The van der Waals surface area contributed by atoms with Crippen LogP contribution in [0.3, 0.4) is 0 Å². The standard InChI is InChI=1S/C15H19Br3N2O/c16-10-8-11(17)15(21)13(18)12(10)14(9-2-1-3-9)20-6-4-19-5-7-20/h8-9,14,19,21H,1-7H2/t14-/m1/s1. The van der Waals surface area contributed by atoms with Gasteiger partial charge in [0.05, 0.1) is 8.95 Å². The summed E-state index contributed by atoms with van der Waals surface area (Å²) < 4.78 is 2.60. The van der Waals surface area contributed by atoms with Crippen LogP contribution in [-0.4, -0.2) is 36.2 Å². The summed E-state index contributed by atoms with van der Waals surface area (Å²) in [6.07, 6.45) is 3.89. The van der Waals surface area contributed by atoms with E-state index in [-0.39, 0.29) is 0 Å². The summed E-state index contributed by atoms with van der Waals surface area (Å²) in [5.74, 6) is 0.990. The van der Waals surface area contributed by atoms with Crippen LogP contribution in [0.1, 0.15) is 30.9 Å². The van der Waals surface area contributed by atoms with Gasteiger partial charge in [-0.05, 0) is 56.7 Å². The molecule has 1 aliphatic heterocycles. The van der Waals surface area contributed by atoms with Crippen molar-refractivity contribution in [2.75, 3.05) is 26.2 Å². The third-order valence-electron chi connectivity index (χ3n) is 4.62. The fourth-order valence-electron chi connectivity index (χ4n) is 3.30. The number of halogens is 3. The quantitative estimate of drug-likeness (QED) is 0.669. The highest BCUT2D eigenvalue weighted by Crippen LogP contribution is 2.49. The fourth-order valence-corrected chi connectivity index (χ4v) is 5.89. The Hall–Kier alpha value is 0.380. The molecule has 0 radical (unpaired) electrons. The average Bonchev–Trinajstić information content (AvgIpc) is 2.43. The van der Waals surface area contributed by atoms with Crippen molar-refractivity contribution in [1.29, 1.82) is 0 Å². The molecule has 1 aromatic carbocycles. The Balaban J connectivity index is 2.01. The highest BCUT2D eigenvalue weighted by Gasteiger charge is 2.36. The molecule has 2 N–H and O–H groups in total. The number of phenolic OH excluding ortho intramolecular Hbond substituents is 1. The normalized spacial score (nSPS) is 22.0. The molecule has 21 heavy (non-hydrogen) atoms. The summed E-state index contributed by atoms with van der Waals surface area (Å²) in [7, 11) is 0. The van der Waals surface area contributed by atoms with Gasteiger partial charge in [0.2, 0.25) is 0 Å². The van der Waals surface area contributed by atoms with E-state index in [0.29, 0.717) is 17.7 Å². The lowest BCUT2D eigenvalue weighted by molar-refractivity contribution is 0.0826. The third kappa shape index (κ3) is 3.20. The molecule has 1 aromatic rings. The lowest BCUT2D eigenvalue weighted by Crippen LogP contribution is -2.48. The van der Waals surface area contributed by atoms with Crippen LogP contribution in [-0.2, 0) is 0 Å². The molecule has 0 amide bonds. The lowest BCUT2D eigenvalue weighted by Gasteiger charge is -2.44. The number of piperazine rings is 1. The first-order valence-corrected chi connectivity index (χ1v) is 9.78. The van der Waals surface area contributed by atoms with Gasteiger partial charge in [-0.15, -0.1) is 0 Å². The molecule has 1 saturated carbocycles. The molecule has 1 heterocycles. The van der Waals surface area contributed by atoms with E-state index >= 15 is 0 Å². The molecule has 0 unspecified atom stereocenters. The van der Waals surface area contributed by atoms with E-state index in [1.807, 2.05) is 6.07 Å². The van der Waals surface area contributed by atoms with Crippen LogP contribution in [0.4, 0.5) is 0 Å². The van der Waals surface area contributed by atoms with E-state index < -0.39 is 0 Å². The molecule has 0 spiro atoms. The van der Waals surface area contributed by atoms with Crippen LogP contribution in [0.5, 0.6) is 5.75 Å². The minimum atomic E-state index is 0.299.